The van der Waals surface area contributed by atoms with Crippen molar-refractivity contribution in [2.24, 2.45) is 0 Å². The smallest absolute Gasteiger partial charge is 0.463 e. The van der Waals surface area contributed by atoms with E-state index in [1.165, 1.54) is 116 Å². The molecule has 5 atom stereocenters. The van der Waals surface area contributed by atoms with Crippen LogP contribution in [0.2, 0.25) is 0 Å². The number of ether oxygens (including phenoxy) is 3. The Hall–Kier alpha value is -3.27. The molecule has 0 saturated carbocycles. The van der Waals surface area contributed by atoms with Crippen molar-refractivity contribution in [1.29, 1.82) is 0 Å². The Bertz CT molecular complexity index is 2000. The highest BCUT2D eigenvalue weighted by atomic mass is 31.2. The lowest BCUT2D eigenvalue weighted by Crippen LogP contribution is -2.30. The van der Waals surface area contributed by atoms with Gasteiger partial charge in [-0.25, -0.2) is 9.13 Å². The zero-order chi connectivity index (χ0) is 66.7. The summed E-state index contributed by atoms with van der Waals surface area (Å²) in [4.78, 5) is 58.2. The summed E-state index contributed by atoms with van der Waals surface area (Å²) in [6, 6.07) is 0. The van der Waals surface area contributed by atoms with Crippen LogP contribution < -0.4 is 0 Å². The van der Waals surface area contributed by atoms with Gasteiger partial charge in [0.1, 0.15) is 25.4 Å². The Labute approximate surface area is 553 Å². The number of unbranched alkanes of at least 4 members (excludes halogenated alkanes) is 31. The summed E-state index contributed by atoms with van der Waals surface area (Å²) in [6.07, 6.45) is 72.4. The molecule has 0 aliphatic rings. The number of carbonyl (C=O) groups is 3. The lowest BCUT2D eigenvalue weighted by molar-refractivity contribution is -0.161. The van der Waals surface area contributed by atoms with Gasteiger partial charge in [-0.1, -0.05) is 279 Å². The van der Waals surface area contributed by atoms with Crippen LogP contribution in [-0.4, -0.2) is 95.9 Å². The molecule has 18 heteroatoms. The summed E-state index contributed by atoms with van der Waals surface area (Å²) in [5.74, 6) is -1.58. The molecule has 0 rings (SSSR count). The van der Waals surface area contributed by atoms with Gasteiger partial charge in [-0.2, -0.15) is 0 Å². The SMILES string of the molecule is CC/C=C\C/C=C\C/C=C\C/C=C\C/C=C\CCCCCCCCCCCCCCCCCC(=O)OCC(O)COP(=O)(O)OCC(O)COP(=O)(O)OCC(COC(=O)CCCCCCC/C=C\C/C=C\CCC)OC(=O)CCCCCCCCCCCCC. The van der Waals surface area contributed by atoms with Crippen molar-refractivity contribution in [2.45, 2.75) is 322 Å². The quantitative estimate of drug-likeness (QED) is 0.0146. The van der Waals surface area contributed by atoms with Crippen LogP contribution in [0.1, 0.15) is 303 Å². The molecule has 0 heterocycles. The Balaban J connectivity index is 4.33. The molecule has 0 spiro atoms. The second-order valence-electron chi connectivity index (χ2n) is 24.0. The highest BCUT2D eigenvalue weighted by Crippen LogP contribution is 2.45. The van der Waals surface area contributed by atoms with E-state index in [9.17, 15) is 43.5 Å². The Morgan fingerprint density at radius 1 is 0.319 bits per heavy atom. The van der Waals surface area contributed by atoms with E-state index in [1.54, 1.807) is 0 Å². The predicted molar refractivity (Wildman–Crippen MR) is 371 cm³/mol. The number of esters is 3. The molecular formula is C73H130O16P2. The summed E-state index contributed by atoms with van der Waals surface area (Å²) in [6.45, 7) is 2.48. The average Bonchev–Trinajstić information content (AvgIpc) is 3.61. The number of hydrogen-bond acceptors (Lipinski definition) is 14. The van der Waals surface area contributed by atoms with Crippen LogP contribution in [0.3, 0.4) is 0 Å². The third-order valence-electron chi connectivity index (χ3n) is 15.1. The minimum atomic E-state index is -4.92. The normalized spacial score (nSPS) is 14.7. The lowest BCUT2D eigenvalue weighted by Gasteiger charge is -2.21. The summed E-state index contributed by atoms with van der Waals surface area (Å²) in [5, 5.41) is 20.5. The third kappa shape index (κ3) is 67.9. The molecule has 0 aliphatic carbocycles. The van der Waals surface area contributed by atoms with E-state index in [4.69, 9.17) is 32.3 Å². The fourth-order valence-corrected chi connectivity index (χ4v) is 11.2. The molecule has 0 aromatic carbocycles. The van der Waals surface area contributed by atoms with Crippen molar-refractivity contribution in [3.63, 3.8) is 0 Å². The standard InChI is InChI=1S/C73H130O16P2/c1-4-7-10-13-16-19-22-24-25-26-27-28-29-30-31-32-33-34-35-36-37-38-39-40-41-43-46-47-50-53-56-59-71(76)83-62-68(74)63-85-90(79,80)86-64-69(75)65-87-91(81,82)88-67-70(89-73(78)61-58-55-52-49-44-21-18-15-12-9-6-3)66-84-72(77)60-57-54-51-48-45-42-23-20-17-14-11-8-5-2/h7,10-11,14,16,19-20,23-25,27-28,30-31,68-70,74-75H,4-6,8-9,12-13,15,17-18,21-22,26,29,32-67H2,1-3H3,(H,79,80)(H,81,82)/b10-7-,14-11-,19-16-,23-20-,25-24-,28-27-,31-30-. The van der Waals surface area contributed by atoms with Gasteiger partial charge in [-0.05, 0) is 89.9 Å². The van der Waals surface area contributed by atoms with Crippen LogP contribution >= 0.6 is 15.6 Å². The van der Waals surface area contributed by atoms with Crippen LogP contribution in [0.15, 0.2) is 85.1 Å². The first-order chi connectivity index (χ1) is 44.2. The number of aliphatic hydroxyl groups excluding tert-OH is 2. The van der Waals surface area contributed by atoms with Gasteiger partial charge in [0.15, 0.2) is 6.10 Å². The minimum Gasteiger partial charge on any atom is -0.463 e. The fraction of sp³-hybridized carbons (Fsp3) is 0.767. The van der Waals surface area contributed by atoms with Crippen molar-refractivity contribution < 1.29 is 75.8 Å². The fourth-order valence-electron chi connectivity index (χ4n) is 9.64. The van der Waals surface area contributed by atoms with E-state index < -0.39 is 91.5 Å². The van der Waals surface area contributed by atoms with Gasteiger partial charge in [0, 0.05) is 19.3 Å². The maximum Gasteiger partial charge on any atom is 0.472 e. The molecule has 0 saturated heterocycles. The van der Waals surface area contributed by atoms with Crippen molar-refractivity contribution in [1.82, 2.24) is 0 Å². The van der Waals surface area contributed by atoms with Crippen LogP contribution in [0.4, 0.5) is 0 Å². The lowest BCUT2D eigenvalue weighted by atomic mass is 10.0. The Kier molecular flexibility index (Phi) is 64.3. The topological polar surface area (TPSA) is 231 Å². The largest absolute Gasteiger partial charge is 0.472 e. The Morgan fingerprint density at radius 2 is 0.604 bits per heavy atom. The van der Waals surface area contributed by atoms with Gasteiger partial charge in [0.2, 0.25) is 0 Å². The van der Waals surface area contributed by atoms with Gasteiger partial charge in [0.25, 0.3) is 0 Å². The van der Waals surface area contributed by atoms with Crippen molar-refractivity contribution in [3.8, 4) is 0 Å². The molecule has 528 valence electrons. The molecule has 0 fully saturated rings. The third-order valence-corrected chi connectivity index (χ3v) is 17.0. The van der Waals surface area contributed by atoms with Gasteiger partial charge in [0.05, 0.1) is 26.4 Å². The van der Waals surface area contributed by atoms with E-state index in [-0.39, 0.29) is 19.3 Å². The molecule has 16 nitrogen and oxygen atoms in total. The van der Waals surface area contributed by atoms with Crippen LogP contribution in [0.5, 0.6) is 0 Å². The van der Waals surface area contributed by atoms with Gasteiger partial charge in [-0.15, -0.1) is 0 Å². The van der Waals surface area contributed by atoms with Crippen molar-refractivity contribution in [2.75, 3.05) is 39.6 Å². The molecule has 4 N–H and O–H groups in total. The zero-order valence-electron chi connectivity index (χ0n) is 57.3. The number of carbonyl (C=O) groups excluding carboxylic acids is 3. The number of aliphatic hydroxyl groups is 2. The van der Waals surface area contributed by atoms with Crippen LogP contribution in [0.25, 0.3) is 0 Å². The molecule has 0 aromatic rings. The molecule has 91 heavy (non-hydrogen) atoms. The second-order valence-corrected chi connectivity index (χ2v) is 26.9. The summed E-state index contributed by atoms with van der Waals surface area (Å²) < 4.78 is 60.8. The molecular weight excluding hydrogens is 1190 g/mol. The van der Waals surface area contributed by atoms with E-state index in [0.717, 1.165) is 128 Å². The molecule has 5 unspecified atom stereocenters. The summed E-state index contributed by atoms with van der Waals surface area (Å²) in [7, 11) is -9.76. The maximum absolute atomic E-state index is 12.8. The monoisotopic (exact) mass is 1320 g/mol. The second kappa shape index (κ2) is 66.7. The molecule has 0 aromatic heterocycles. The number of phosphoric ester groups is 2. The minimum absolute atomic E-state index is 0.106. The average molecular weight is 1330 g/mol. The number of phosphoric acid groups is 2. The Morgan fingerprint density at radius 3 is 0.967 bits per heavy atom. The first-order valence-corrected chi connectivity index (χ1v) is 38.9. The van der Waals surface area contributed by atoms with E-state index in [2.05, 4.69) is 106 Å². The van der Waals surface area contributed by atoms with Crippen LogP contribution in [0, 0.1) is 0 Å². The number of hydrogen-bond donors (Lipinski definition) is 4. The first-order valence-electron chi connectivity index (χ1n) is 35.9. The summed E-state index contributed by atoms with van der Waals surface area (Å²) in [5.41, 5.74) is 0. The van der Waals surface area contributed by atoms with Gasteiger partial charge < -0.3 is 34.2 Å². The number of allylic oxidation sites excluding steroid dienone is 14. The highest BCUT2D eigenvalue weighted by Gasteiger charge is 2.29. The van der Waals surface area contributed by atoms with Gasteiger partial charge in [-0.3, -0.25) is 32.5 Å². The predicted octanol–water partition coefficient (Wildman–Crippen LogP) is 20.1. The van der Waals surface area contributed by atoms with Crippen molar-refractivity contribution in [3.05, 3.63) is 85.1 Å². The van der Waals surface area contributed by atoms with E-state index in [0.29, 0.717) is 19.3 Å². The van der Waals surface area contributed by atoms with E-state index in [1.807, 2.05) is 0 Å². The molecule has 0 bridgehead atoms. The number of rotatable bonds is 68. The summed E-state index contributed by atoms with van der Waals surface area (Å²) >= 11 is 0. The first kappa shape index (κ1) is 87.7. The van der Waals surface area contributed by atoms with E-state index >= 15 is 0 Å². The van der Waals surface area contributed by atoms with Crippen molar-refractivity contribution >= 4 is 33.6 Å². The zero-order valence-corrected chi connectivity index (χ0v) is 59.0. The van der Waals surface area contributed by atoms with Gasteiger partial charge >= 0.3 is 33.6 Å². The molecule has 0 aliphatic heterocycles. The maximum atomic E-state index is 12.8. The van der Waals surface area contributed by atoms with Crippen LogP contribution in [-0.2, 0) is 55.8 Å². The molecule has 0 amide bonds. The highest BCUT2D eigenvalue weighted by molar-refractivity contribution is 7.47. The molecule has 0 radical (unpaired) electrons.